The molecule has 1 aliphatic rings. The topological polar surface area (TPSA) is 116 Å². The van der Waals surface area contributed by atoms with Gasteiger partial charge in [0.05, 0.1) is 48.2 Å². The van der Waals surface area contributed by atoms with E-state index in [1.165, 1.54) is 31.6 Å². The van der Waals surface area contributed by atoms with Crippen molar-refractivity contribution < 1.29 is 13.9 Å². The van der Waals surface area contributed by atoms with Gasteiger partial charge in [0, 0.05) is 12.0 Å². The highest BCUT2D eigenvalue weighted by molar-refractivity contribution is 5.98. The quantitative estimate of drug-likeness (QED) is 0.697. The van der Waals surface area contributed by atoms with Crippen molar-refractivity contribution in [3.05, 3.63) is 58.9 Å². The van der Waals surface area contributed by atoms with E-state index in [1.807, 2.05) is 6.92 Å². The highest BCUT2D eigenvalue weighted by Gasteiger charge is 2.31. The largest absolute Gasteiger partial charge is 0.480 e. The Kier molecular flexibility index (Phi) is 4.79. The summed E-state index contributed by atoms with van der Waals surface area (Å²) in [7, 11) is 1.48. The number of aryl methyl sites for hydroxylation is 1. The number of nitrogens with one attached hydrogen (secondary N) is 1. The molecule has 1 unspecified atom stereocenters. The van der Waals surface area contributed by atoms with Gasteiger partial charge in [0.2, 0.25) is 11.8 Å². The highest BCUT2D eigenvalue weighted by atomic mass is 19.1. The fraction of sp³-hybridized carbons (Fsp3) is 0.250. The number of rotatable bonds is 4. The maximum Gasteiger partial charge on any atom is 0.255 e. The molecule has 4 rings (SSSR count). The number of methoxy groups -OCH3 is 1. The first-order valence-electron chi connectivity index (χ1n) is 9.12. The summed E-state index contributed by atoms with van der Waals surface area (Å²) < 4.78 is 19.2. The molecule has 0 bridgehead atoms. The average molecular weight is 394 g/mol. The van der Waals surface area contributed by atoms with Crippen LogP contribution in [-0.2, 0) is 12.8 Å². The molecule has 0 radical (unpaired) electrons. The molecule has 3 heterocycles. The minimum Gasteiger partial charge on any atom is -0.480 e. The molecule has 1 atom stereocenters. The van der Waals surface area contributed by atoms with E-state index in [9.17, 15) is 9.18 Å². The van der Waals surface area contributed by atoms with Crippen molar-refractivity contribution >= 4 is 11.9 Å². The van der Waals surface area contributed by atoms with Crippen molar-refractivity contribution in [2.45, 2.75) is 25.8 Å². The highest BCUT2D eigenvalue weighted by Crippen LogP contribution is 2.33. The lowest BCUT2D eigenvalue weighted by molar-refractivity contribution is 0.0922. The molecule has 0 saturated carbocycles. The van der Waals surface area contributed by atoms with Crippen molar-refractivity contribution in [2.24, 2.45) is 0 Å². The second-order valence-electron chi connectivity index (χ2n) is 6.61. The van der Waals surface area contributed by atoms with Crippen molar-refractivity contribution in [3.8, 4) is 17.1 Å². The first-order valence-corrected chi connectivity index (χ1v) is 9.12. The van der Waals surface area contributed by atoms with E-state index in [0.717, 1.165) is 0 Å². The van der Waals surface area contributed by atoms with Gasteiger partial charge in [-0.25, -0.2) is 19.3 Å². The van der Waals surface area contributed by atoms with E-state index in [1.54, 1.807) is 6.07 Å². The summed E-state index contributed by atoms with van der Waals surface area (Å²) in [4.78, 5) is 29.7. The lowest BCUT2D eigenvalue weighted by Gasteiger charge is -2.28. The molecule has 8 nitrogen and oxygen atoms in total. The lowest BCUT2D eigenvalue weighted by atomic mass is 9.90. The average Bonchev–Trinajstić information content (AvgIpc) is 2.72. The first-order chi connectivity index (χ1) is 14.0. The van der Waals surface area contributed by atoms with Crippen LogP contribution >= 0.6 is 0 Å². The molecule has 29 heavy (non-hydrogen) atoms. The molecule has 1 aliphatic heterocycles. The van der Waals surface area contributed by atoms with E-state index in [2.05, 4.69) is 25.3 Å². The number of halogens is 1. The maximum atomic E-state index is 14.0. The number of anilines is 1. The SMILES string of the molecule is CCc1nc(N)nc2c1C(=O)NC(c1ccc(F)cc1-c1cncc(OC)n1)C2. The smallest absolute Gasteiger partial charge is 0.255 e. The Balaban J connectivity index is 1.80. The Morgan fingerprint density at radius 1 is 1.28 bits per heavy atom. The van der Waals surface area contributed by atoms with Gasteiger partial charge in [-0.2, -0.15) is 0 Å². The van der Waals surface area contributed by atoms with Crippen LogP contribution in [0.2, 0.25) is 0 Å². The summed E-state index contributed by atoms with van der Waals surface area (Å²) in [5.41, 5.74) is 9.13. The Labute approximate surface area is 166 Å². The normalized spacial score (nSPS) is 15.6. The van der Waals surface area contributed by atoms with Crippen LogP contribution in [0.4, 0.5) is 10.3 Å². The summed E-state index contributed by atoms with van der Waals surface area (Å²) in [5.74, 6) is -0.258. The standard InChI is InChI=1S/C20H19FN6O2/c1-3-13-18-15(27-20(22)26-13)7-14(25-19(18)28)11-5-4-10(21)6-12(11)16-8-23-9-17(24-16)29-2/h4-6,8-9,14H,3,7H2,1-2H3,(H,25,28)(H2,22,26,27). The van der Waals surface area contributed by atoms with Crippen LogP contribution in [0.1, 0.15) is 40.3 Å². The van der Waals surface area contributed by atoms with Crippen LogP contribution in [0.5, 0.6) is 5.88 Å². The predicted octanol–water partition coefficient (Wildman–Crippen LogP) is 2.25. The third-order valence-electron chi connectivity index (χ3n) is 4.83. The maximum absolute atomic E-state index is 14.0. The van der Waals surface area contributed by atoms with Gasteiger partial charge in [-0.15, -0.1) is 0 Å². The molecule has 1 amide bonds. The Hall–Kier alpha value is -3.62. The van der Waals surface area contributed by atoms with Crippen molar-refractivity contribution in [3.63, 3.8) is 0 Å². The predicted molar refractivity (Wildman–Crippen MR) is 104 cm³/mol. The summed E-state index contributed by atoms with van der Waals surface area (Å²) in [6.45, 7) is 1.90. The van der Waals surface area contributed by atoms with E-state index in [0.29, 0.717) is 52.5 Å². The van der Waals surface area contributed by atoms with Gasteiger partial charge in [0.1, 0.15) is 5.82 Å². The first kappa shape index (κ1) is 18.7. The number of nitrogens with two attached hydrogens (primary N) is 1. The zero-order valence-electron chi connectivity index (χ0n) is 15.9. The molecule has 148 valence electrons. The Morgan fingerprint density at radius 3 is 2.86 bits per heavy atom. The zero-order valence-corrected chi connectivity index (χ0v) is 15.9. The van der Waals surface area contributed by atoms with E-state index >= 15 is 0 Å². The number of carbonyl (C=O) groups excluding carboxylic acids is 1. The van der Waals surface area contributed by atoms with Gasteiger partial charge in [-0.1, -0.05) is 13.0 Å². The van der Waals surface area contributed by atoms with Gasteiger partial charge in [0.15, 0.2) is 0 Å². The number of amides is 1. The summed E-state index contributed by atoms with van der Waals surface area (Å²) in [5, 5.41) is 2.98. The number of fused-ring (bicyclic) bond motifs is 1. The zero-order chi connectivity index (χ0) is 20.5. The fourth-order valence-corrected chi connectivity index (χ4v) is 3.54. The molecular weight excluding hydrogens is 375 g/mol. The van der Waals surface area contributed by atoms with Crippen molar-refractivity contribution in [1.29, 1.82) is 0 Å². The molecule has 3 N–H and O–H groups in total. The third-order valence-corrected chi connectivity index (χ3v) is 4.83. The second-order valence-corrected chi connectivity index (χ2v) is 6.61. The Bertz CT molecular complexity index is 1100. The van der Waals surface area contributed by atoms with Gasteiger partial charge < -0.3 is 15.8 Å². The fourth-order valence-electron chi connectivity index (χ4n) is 3.54. The summed E-state index contributed by atoms with van der Waals surface area (Å²) in [6.07, 6.45) is 3.95. The monoisotopic (exact) mass is 394 g/mol. The van der Waals surface area contributed by atoms with Gasteiger partial charge in [-0.05, 0) is 24.1 Å². The molecule has 0 fully saturated rings. The minimum absolute atomic E-state index is 0.132. The van der Waals surface area contributed by atoms with Gasteiger partial charge >= 0.3 is 0 Å². The van der Waals surface area contributed by atoms with Crippen LogP contribution in [-0.4, -0.2) is 33.0 Å². The number of nitrogen functional groups attached to an aromatic ring is 1. The van der Waals surface area contributed by atoms with Gasteiger partial charge in [0.25, 0.3) is 5.91 Å². The number of benzene rings is 1. The summed E-state index contributed by atoms with van der Waals surface area (Å²) in [6, 6.07) is 3.91. The number of hydrogen-bond donors (Lipinski definition) is 2. The van der Waals surface area contributed by atoms with Crippen LogP contribution < -0.4 is 15.8 Å². The molecule has 0 spiro atoms. The molecule has 0 saturated heterocycles. The molecule has 2 aromatic heterocycles. The van der Waals surface area contributed by atoms with Crippen LogP contribution in [0, 0.1) is 5.82 Å². The molecule has 1 aromatic carbocycles. The molecular formula is C20H19FN6O2. The Morgan fingerprint density at radius 2 is 2.10 bits per heavy atom. The number of aromatic nitrogens is 4. The lowest BCUT2D eigenvalue weighted by Crippen LogP contribution is -2.37. The van der Waals surface area contributed by atoms with E-state index in [4.69, 9.17) is 10.5 Å². The molecule has 9 heteroatoms. The number of carbonyl (C=O) groups is 1. The summed E-state index contributed by atoms with van der Waals surface area (Å²) >= 11 is 0. The minimum atomic E-state index is -0.433. The van der Waals surface area contributed by atoms with Crippen molar-refractivity contribution in [1.82, 2.24) is 25.3 Å². The second kappa shape index (κ2) is 7.42. The van der Waals surface area contributed by atoms with Crippen LogP contribution in [0.25, 0.3) is 11.3 Å². The molecule has 0 aliphatic carbocycles. The number of nitrogens with zero attached hydrogens (tertiary/aromatic N) is 4. The van der Waals surface area contributed by atoms with Gasteiger partial charge in [-0.3, -0.25) is 9.78 Å². The van der Waals surface area contributed by atoms with Crippen molar-refractivity contribution in [2.75, 3.05) is 12.8 Å². The van der Waals surface area contributed by atoms with E-state index < -0.39 is 11.9 Å². The third kappa shape index (κ3) is 3.46. The van der Waals surface area contributed by atoms with Crippen LogP contribution in [0.3, 0.4) is 0 Å². The van der Waals surface area contributed by atoms with E-state index in [-0.39, 0.29) is 11.9 Å². The number of ether oxygens (including phenoxy) is 1. The van der Waals surface area contributed by atoms with Crippen LogP contribution in [0.15, 0.2) is 30.6 Å². The molecule has 3 aromatic rings. The number of hydrogen-bond acceptors (Lipinski definition) is 7.